The van der Waals surface area contributed by atoms with Gasteiger partial charge in [-0.15, -0.1) is 0 Å². The molecule has 0 aliphatic rings. The summed E-state index contributed by atoms with van der Waals surface area (Å²) in [6.07, 6.45) is 2.18. The lowest BCUT2D eigenvalue weighted by Gasteiger charge is -2.20. The van der Waals surface area contributed by atoms with Crippen LogP contribution in [-0.2, 0) is 0 Å². The Balaban J connectivity index is 2.51. The lowest BCUT2D eigenvalue weighted by Crippen LogP contribution is -2.25. The average molecular weight is 293 g/mol. The molecular formula is C16H27N3O2. The van der Waals surface area contributed by atoms with E-state index in [-0.39, 0.29) is 10.6 Å². The summed E-state index contributed by atoms with van der Waals surface area (Å²) in [5, 5.41) is 14.2. The highest BCUT2D eigenvalue weighted by Gasteiger charge is 2.10. The molecule has 0 heterocycles. The topological polar surface area (TPSA) is 58.4 Å². The second-order valence-electron chi connectivity index (χ2n) is 5.53. The molecule has 0 bridgehead atoms. The molecule has 1 rings (SSSR count). The molecule has 118 valence electrons. The molecule has 1 atom stereocenters. The van der Waals surface area contributed by atoms with E-state index in [0.29, 0.717) is 6.04 Å². The third-order valence-electron chi connectivity index (χ3n) is 3.69. The minimum absolute atomic E-state index is 0.146. The van der Waals surface area contributed by atoms with Crippen LogP contribution in [0.5, 0.6) is 0 Å². The number of nitrogens with one attached hydrogen (secondary N) is 1. The highest BCUT2D eigenvalue weighted by Crippen LogP contribution is 2.21. The first-order valence-corrected chi connectivity index (χ1v) is 7.71. The second kappa shape index (κ2) is 8.62. The van der Waals surface area contributed by atoms with Crippen LogP contribution < -0.4 is 5.32 Å². The van der Waals surface area contributed by atoms with E-state index in [4.69, 9.17) is 0 Å². The Morgan fingerprint density at radius 1 is 1.29 bits per heavy atom. The van der Waals surface area contributed by atoms with E-state index in [9.17, 15) is 10.1 Å². The maximum Gasteiger partial charge on any atom is 0.271 e. The Morgan fingerprint density at radius 2 is 1.95 bits per heavy atom. The number of nitro benzene ring substituents is 1. The summed E-state index contributed by atoms with van der Waals surface area (Å²) in [5.41, 5.74) is 1.88. The summed E-state index contributed by atoms with van der Waals surface area (Å²) < 4.78 is 0. The van der Waals surface area contributed by atoms with Gasteiger partial charge in [-0.25, -0.2) is 0 Å². The average Bonchev–Trinajstić information content (AvgIpc) is 2.43. The van der Waals surface area contributed by atoms with Crippen molar-refractivity contribution in [1.82, 2.24) is 4.90 Å². The Kier molecular flexibility index (Phi) is 7.15. The minimum atomic E-state index is -0.344. The van der Waals surface area contributed by atoms with E-state index in [1.54, 1.807) is 12.1 Å². The molecule has 0 aliphatic heterocycles. The third-order valence-corrected chi connectivity index (χ3v) is 3.69. The van der Waals surface area contributed by atoms with Crippen molar-refractivity contribution in [2.75, 3.05) is 25.0 Å². The smallest absolute Gasteiger partial charge is 0.271 e. The van der Waals surface area contributed by atoms with Gasteiger partial charge in [-0.3, -0.25) is 10.1 Å². The van der Waals surface area contributed by atoms with E-state index < -0.39 is 0 Å². The second-order valence-corrected chi connectivity index (χ2v) is 5.53. The Labute approximate surface area is 127 Å². The first kappa shape index (κ1) is 17.4. The third kappa shape index (κ3) is 6.12. The summed E-state index contributed by atoms with van der Waals surface area (Å²) in [7, 11) is 0. The van der Waals surface area contributed by atoms with E-state index >= 15 is 0 Å². The first-order chi connectivity index (χ1) is 9.96. The SMILES string of the molecule is CCN(CC)CCCC(C)Nc1cc(C)cc([N+](=O)[O-])c1. The zero-order chi connectivity index (χ0) is 15.8. The van der Waals surface area contributed by atoms with Crippen LogP contribution in [0.1, 0.15) is 39.2 Å². The number of hydrogen-bond acceptors (Lipinski definition) is 4. The molecule has 0 saturated carbocycles. The molecule has 0 aliphatic carbocycles. The van der Waals surface area contributed by atoms with Gasteiger partial charge in [0.15, 0.2) is 0 Å². The van der Waals surface area contributed by atoms with E-state index in [1.807, 2.05) is 13.0 Å². The van der Waals surface area contributed by atoms with Crippen molar-refractivity contribution in [2.24, 2.45) is 0 Å². The molecule has 5 nitrogen and oxygen atoms in total. The predicted molar refractivity (Wildman–Crippen MR) is 87.9 cm³/mol. The van der Waals surface area contributed by atoms with Gasteiger partial charge in [-0.05, 0) is 58.0 Å². The number of anilines is 1. The van der Waals surface area contributed by atoms with Crippen LogP contribution in [0.25, 0.3) is 0 Å². The molecule has 0 fully saturated rings. The fourth-order valence-electron chi connectivity index (χ4n) is 2.47. The summed E-state index contributed by atoms with van der Waals surface area (Å²) in [6.45, 7) is 11.6. The number of aryl methyl sites for hydroxylation is 1. The molecule has 0 spiro atoms. The van der Waals surface area contributed by atoms with Gasteiger partial charge >= 0.3 is 0 Å². The number of benzene rings is 1. The standard InChI is InChI=1S/C16H27N3O2/c1-5-18(6-2)9-7-8-14(4)17-15-10-13(3)11-16(12-15)19(20)21/h10-12,14,17H,5-9H2,1-4H3. The first-order valence-electron chi connectivity index (χ1n) is 7.71. The van der Waals surface area contributed by atoms with Crippen LogP contribution in [0.15, 0.2) is 18.2 Å². The normalized spacial score (nSPS) is 12.4. The van der Waals surface area contributed by atoms with E-state index in [1.165, 1.54) is 0 Å². The maximum atomic E-state index is 10.9. The van der Waals surface area contributed by atoms with Crippen molar-refractivity contribution in [1.29, 1.82) is 0 Å². The molecule has 21 heavy (non-hydrogen) atoms. The van der Waals surface area contributed by atoms with Gasteiger partial charge < -0.3 is 10.2 Å². The van der Waals surface area contributed by atoms with Crippen molar-refractivity contribution >= 4 is 11.4 Å². The number of non-ortho nitro benzene ring substituents is 1. The van der Waals surface area contributed by atoms with Gasteiger partial charge in [-0.1, -0.05) is 13.8 Å². The van der Waals surface area contributed by atoms with Gasteiger partial charge in [0, 0.05) is 23.9 Å². The number of nitrogens with zero attached hydrogens (tertiary/aromatic N) is 2. The van der Waals surface area contributed by atoms with Crippen molar-refractivity contribution < 1.29 is 4.92 Å². The quantitative estimate of drug-likeness (QED) is 0.555. The van der Waals surface area contributed by atoms with Crippen LogP contribution in [0.2, 0.25) is 0 Å². The summed E-state index contributed by atoms with van der Waals surface area (Å²) in [4.78, 5) is 12.9. The number of nitro groups is 1. The van der Waals surface area contributed by atoms with Crippen molar-refractivity contribution in [3.63, 3.8) is 0 Å². The zero-order valence-corrected chi connectivity index (χ0v) is 13.6. The maximum absolute atomic E-state index is 10.9. The molecular weight excluding hydrogens is 266 g/mol. The summed E-state index contributed by atoms with van der Waals surface area (Å²) >= 11 is 0. The molecule has 0 radical (unpaired) electrons. The Hall–Kier alpha value is -1.62. The molecule has 0 aromatic heterocycles. The van der Waals surface area contributed by atoms with Crippen molar-refractivity contribution in [3.05, 3.63) is 33.9 Å². The Morgan fingerprint density at radius 3 is 2.52 bits per heavy atom. The van der Waals surface area contributed by atoms with Gasteiger partial charge in [0.05, 0.1) is 4.92 Å². The highest BCUT2D eigenvalue weighted by atomic mass is 16.6. The van der Waals surface area contributed by atoms with Crippen LogP contribution in [0.3, 0.4) is 0 Å². The molecule has 1 aromatic rings. The van der Waals surface area contributed by atoms with Gasteiger partial charge in [-0.2, -0.15) is 0 Å². The summed E-state index contributed by atoms with van der Waals surface area (Å²) in [5.74, 6) is 0. The Bertz CT molecular complexity index is 459. The fourth-order valence-corrected chi connectivity index (χ4v) is 2.47. The minimum Gasteiger partial charge on any atom is -0.382 e. The lowest BCUT2D eigenvalue weighted by atomic mass is 10.1. The zero-order valence-electron chi connectivity index (χ0n) is 13.6. The monoisotopic (exact) mass is 293 g/mol. The molecule has 1 N–H and O–H groups in total. The summed E-state index contributed by atoms with van der Waals surface area (Å²) in [6, 6.07) is 5.46. The van der Waals surface area contributed by atoms with Gasteiger partial charge in [0.25, 0.3) is 5.69 Å². The molecule has 5 heteroatoms. The van der Waals surface area contributed by atoms with E-state index in [0.717, 1.165) is 43.7 Å². The van der Waals surface area contributed by atoms with Crippen LogP contribution in [0.4, 0.5) is 11.4 Å². The number of hydrogen-bond donors (Lipinski definition) is 1. The molecule has 0 amide bonds. The van der Waals surface area contributed by atoms with Gasteiger partial charge in [0.1, 0.15) is 0 Å². The molecule has 0 saturated heterocycles. The lowest BCUT2D eigenvalue weighted by molar-refractivity contribution is -0.384. The highest BCUT2D eigenvalue weighted by molar-refractivity contribution is 5.54. The predicted octanol–water partition coefficient (Wildman–Crippen LogP) is 3.83. The molecule has 1 aromatic carbocycles. The van der Waals surface area contributed by atoms with Crippen LogP contribution in [0, 0.1) is 17.0 Å². The number of rotatable bonds is 9. The van der Waals surface area contributed by atoms with Crippen LogP contribution in [-0.4, -0.2) is 35.5 Å². The van der Waals surface area contributed by atoms with E-state index in [2.05, 4.69) is 31.0 Å². The van der Waals surface area contributed by atoms with Crippen molar-refractivity contribution in [3.8, 4) is 0 Å². The van der Waals surface area contributed by atoms with Gasteiger partial charge in [0.2, 0.25) is 0 Å². The largest absolute Gasteiger partial charge is 0.382 e. The molecule has 1 unspecified atom stereocenters. The van der Waals surface area contributed by atoms with Crippen molar-refractivity contribution in [2.45, 2.75) is 46.6 Å². The fraction of sp³-hybridized carbons (Fsp3) is 0.625. The van der Waals surface area contributed by atoms with Crippen LogP contribution >= 0.6 is 0 Å².